The largest absolute Gasteiger partial charge is 0.394 e. The molecule has 1 aromatic heterocycles. The first-order valence-corrected chi connectivity index (χ1v) is 5.76. The first-order chi connectivity index (χ1) is 8.51. The van der Waals surface area contributed by atoms with E-state index in [1.54, 1.807) is 6.92 Å². The quantitative estimate of drug-likeness (QED) is 0.601. The zero-order chi connectivity index (χ0) is 13.3. The number of aromatic amines is 1. The average molecular weight is 256 g/mol. The number of aliphatic hydroxyl groups is 2. The van der Waals surface area contributed by atoms with Crippen molar-refractivity contribution in [2.45, 2.75) is 38.2 Å². The summed E-state index contributed by atoms with van der Waals surface area (Å²) in [5.74, 6) is 0. The van der Waals surface area contributed by atoms with E-state index in [9.17, 15) is 14.7 Å². The number of aromatic nitrogens is 2. The summed E-state index contributed by atoms with van der Waals surface area (Å²) in [5, 5.41) is 18.5. The van der Waals surface area contributed by atoms with E-state index in [4.69, 9.17) is 9.84 Å². The predicted octanol–water partition coefficient (Wildman–Crippen LogP) is -1.64. The fourth-order valence-corrected chi connectivity index (χ4v) is 2.07. The summed E-state index contributed by atoms with van der Waals surface area (Å²) in [4.78, 5) is 25.0. The molecule has 3 N–H and O–H groups in total. The lowest BCUT2D eigenvalue weighted by molar-refractivity contribution is -0.0260. The fraction of sp³-hybridized carbons (Fsp3) is 0.636. The van der Waals surface area contributed by atoms with Crippen molar-refractivity contribution in [3.05, 3.63) is 32.6 Å². The third-order valence-corrected chi connectivity index (χ3v) is 3.07. The van der Waals surface area contributed by atoms with E-state index in [1.165, 1.54) is 10.8 Å². The van der Waals surface area contributed by atoms with Crippen molar-refractivity contribution in [1.82, 2.24) is 9.55 Å². The Hall–Kier alpha value is -1.44. The van der Waals surface area contributed by atoms with Gasteiger partial charge < -0.3 is 14.9 Å². The summed E-state index contributed by atoms with van der Waals surface area (Å²) in [7, 11) is 0. The van der Waals surface area contributed by atoms with Gasteiger partial charge in [0.05, 0.1) is 25.4 Å². The van der Waals surface area contributed by atoms with Crippen molar-refractivity contribution in [1.29, 1.82) is 0 Å². The Bertz CT molecular complexity index is 535. The van der Waals surface area contributed by atoms with Gasteiger partial charge in [-0.2, -0.15) is 0 Å². The van der Waals surface area contributed by atoms with Gasteiger partial charge in [-0.1, -0.05) is 0 Å². The van der Waals surface area contributed by atoms with Crippen LogP contribution in [0.2, 0.25) is 0 Å². The molecule has 1 aliphatic heterocycles. The van der Waals surface area contributed by atoms with Gasteiger partial charge >= 0.3 is 5.69 Å². The Morgan fingerprint density at radius 2 is 2.28 bits per heavy atom. The van der Waals surface area contributed by atoms with E-state index >= 15 is 0 Å². The van der Waals surface area contributed by atoms with Gasteiger partial charge in [0.25, 0.3) is 5.56 Å². The number of hydrogen-bond donors (Lipinski definition) is 3. The Morgan fingerprint density at radius 3 is 2.89 bits per heavy atom. The topological polar surface area (TPSA) is 105 Å². The lowest BCUT2D eigenvalue weighted by Gasteiger charge is -2.13. The smallest absolute Gasteiger partial charge is 0.328 e. The summed E-state index contributed by atoms with van der Waals surface area (Å²) in [5.41, 5.74) is -0.472. The molecule has 7 heteroatoms. The molecule has 100 valence electrons. The Labute approximate surface area is 103 Å². The highest BCUT2D eigenvalue weighted by Gasteiger charge is 2.33. The number of hydrogen-bond acceptors (Lipinski definition) is 5. The van der Waals surface area contributed by atoms with Crippen LogP contribution >= 0.6 is 0 Å². The molecule has 2 heterocycles. The second-order valence-electron chi connectivity index (χ2n) is 4.51. The van der Waals surface area contributed by atoms with Crippen LogP contribution in [-0.4, -0.2) is 44.7 Å². The van der Waals surface area contributed by atoms with Crippen LogP contribution in [0, 0.1) is 6.92 Å². The molecule has 1 saturated heterocycles. The molecule has 0 aliphatic carbocycles. The number of ether oxygens (including phenoxy) is 1. The van der Waals surface area contributed by atoms with Crippen LogP contribution in [0.5, 0.6) is 0 Å². The maximum absolute atomic E-state index is 11.6. The van der Waals surface area contributed by atoms with Crippen molar-refractivity contribution in [2.75, 3.05) is 6.61 Å². The maximum Gasteiger partial charge on any atom is 0.328 e. The van der Waals surface area contributed by atoms with Gasteiger partial charge in [-0.15, -0.1) is 0 Å². The van der Waals surface area contributed by atoms with Gasteiger partial charge in [0.1, 0.15) is 6.10 Å². The second-order valence-corrected chi connectivity index (χ2v) is 4.51. The van der Waals surface area contributed by atoms with Crippen LogP contribution in [0.3, 0.4) is 0 Å². The highest BCUT2D eigenvalue weighted by atomic mass is 16.5. The predicted molar refractivity (Wildman–Crippen MR) is 62.4 cm³/mol. The normalized spacial score (nSPS) is 27.6. The zero-order valence-corrected chi connectivity index (χ0v) is 10.00. The van der Waals surface area contributed by atoms with Crippen LogP contribution < -0.4 is 11.2 Å². The third kappa shape index (κ3) is 2.53. The molecule has 1 fully saturated rings. The molecular formula is C11H16N2O5. The highest BCUT2D eigenvalue weighted by Crippen LogP contribution is 2.20. The molecule has 0 unspecified atom stereocenters. The fourth-order valence-electron chi connectivity index (χ4n) is 2.07. The summed E-state index contributed by atoms with van der Waals surface area (Å²) >= 11 is 0. The molecular weight excluding hydrogens is 240 g/mol. The molecule has 0 bridgehead atoms. The van der Waals surface area contributed by atoms with E-state index in [0.717, 1.165) is 0 Å². The SMILES string of the molecule is Cc1cn(C[C@H]2C[C@H](O)[C@@H](CO)O2)c(=O)[nH]c1=O. The number of aliphatic hydroxyl groups excluding tert-OH is 2. The van der Waals surface area contributed by atoms with Crippen molar-refractivity contribution < 1.29 is 14.9 Å². The van der Waals surface area contributed by atoms with Gasteiger partial charge in [0.2, 0.25) is 0 Å². The standard InChI is InChI=1S/C11H16N2O5/c1-6-3-13(11(17)12-10(6)16)4-7-2-8(15)9(5-14)18-7/h3,7-9,14-15H,2,4-5H2,1H3,(H,12,16,17)/t7-,8+,9-/m1/s1. The molecule has 7 nitrogen and oxygen atoms in total. The van der Waals surface area contributed by atoms with E-state index < -0.39 is 23.5 Å². The van der Waals surface area contributed by atoms with Crippen LogP contribution in [0.15, 0.2) is 15.8 Å². The molecule has 18 heavy (non-hydrogen) atoms. The molecule has 3 atom stereocenters. The summed E-state index contributed by atoms with van der Waals surface area (Å²) in [6.45, 7) is 1.59. The van der Waals surface area contributed by atoms with Gasteiger partial charge in [-0.05, 0) is 6.92 Å². The Morgan fingerprint density at radius 1 is 1.56 bits per heavy atom. The van der Waals surface area contributed by atoms with Gasteiger partial charge in [0, 0.05) is 18.2 Å². The van der Waals surface area contributed by atoms with E-state index in [2.05, 4.69) is 4.98 Å². The van der Waals surface area contributed by atoms with Gasteiger partial charge in [-0.3, -0.25) is 14.3 Å². The second kappa shape index (κ2) is 5.05. The number of aryl methyl sites for hydroxylation is 1. The number of rotatable bonds is 3. The van der Waals surface area contributed by atoms with Crippen molar-refractivity contribution in [3.63, 3.8) is 0 Å². The molecule has 0 spiro atoms. The summed E-state index contributed by atoms with van der Waals surface area (Å²) < 4.78 is 6.74. The molecule has 0 saturated carbocycles. The van der Waals surface area contributed by atoms with E-state index in [0.29, 0.717) is 12.0 Å². The Kier molecular flexibility index (Phi) is 3.65. The third-order valence-electron chi connectivity index (χ3n) is 3.07. The van der Waals surface area contributed by atoms with Crippen LogP contribution in [0.1, 0.15) is 12.0 Å². The lowest BCUT2D eigenvalue weighted by Crippen LogP contribution is -2.34. The lowest BCUT2D eigenvalue weighted by atomic mass is 10.1. The first kappa shape index (κ1) is 13.0. The minimum Gasteiger partial charge on any atom is -0.394 e. The van der Waals surface area contributed by atoms with Crippen LogP contribution in [-0.2, 0) is 11.3 Å². The molecule has 2 rings (SSSR count). The average Bonchev–Trinajstić information content (AvgIpc) is 2.66. The Balaban J connectivity index is 2.14. The zero-order valence-electron chi connectivity index (χ0n) is 10.00. The van der Waals surface area contributed by atoms with Crippen LogP contribution in [0.25, 0.3) is 0 Å². The van der Waals surface area contributed by atoms with E-state index in [1.807, 2.05) is 0 Å². The van der Waals surface area contributed by atoms with Crippen molar-refractivity contribution >= 4 is 0 Å². The van der Waals surface area contributed by atoms with Crippen molar-refractivity contribution in [3.8, 4) is 0 Å². The molecule has 1 aromatic rings. The highest BCUT2D eigenvalue weighted by molar-refractivity contribution is 5.01. The van der Waals surface area contributed by atoms with Gasteiger partial charge in [0.15, 0.2) is 0 Å². The van der Waals surface area contributed by atoms with Crippen LogP contribution in [0.4, 0.5) is 0 Å². The molecule has 0 aromatic carbocycles. The molecule has 1 aliphatic rings. The first-order valence-electron chi connectivity index (χ1n) is 5.76. The molecule has 0 radical (unpaired) electrons. The number of H-pyrrole nitrogens is 1. The van der Waals surface area contributed by atoms with Gasteiger partial charge in [-0.25, -0.2) is 4.79 Å². The molecule has 0 amide bonds. The van der Waals surface area contributed by atoms with Crippen molar-refractivity contribution in [2.24, 2.45) is 0 Å². The summed E-state index contributed by atoms with van der Waals surface area (Å²) in [6.07, 6.45) is 0.147. The number of nitrogens with one attached hydrogen (secondary N) is 1. The minimum atomic E-state index is -0.723. The summed E-state index contributed by atoms with van der Waals surface area (Å²) in [6, 6.07) is 0. The monoisotopic (exact) mass is 256 g/mol. The minimum absolute atomic E-state index is 0.240. The number of nitrogens with zero attached hydrogens (tertiary/aromatic N) is 1. The maximum atomic E-state index is 11.6. The van der Waals surface area contributed by atoms with E-state index in [-0.39, 0.29) is 19.3 Å².